The van der Waals surface area contributed by atoms with Crippen molar-refractivity contribution in [2.45, 2.75) is 13.3 Å². The van der Waals surface area contributed by atoms with Crippen LogP contribution in [0.15, 0.2) is 46.5 Å². The highest BCUT2D eigenvalue weighted by Crippen LogP contribution is 2.29. The molecule has 1 nitrogen and oxygen atoms in total. The Hall–Kier alpha value is -0.920. The van der Waals surface area contributed by atoms with Crippen molar-refractivity contribution in [3.05, 3.63) is 52.0 Å². The average molecular weight is 269 g/mol. The van der Waals surface area contributed by atoms with Gasteiger partial charge in [-0.3, -0.25) is 0 Å². The predicted molar refractivity (Wildman–Crippen MR) is 72.7 cm³/mol. The maximum absolute atomic E-state index is 6.14. The van der Waals surface area contributed by atoms with Crippen LogP contribution in [-0.2, 0) is 0 Å². The smallest absolute Gasteiger partial charge is 0.122 e. The van der Waals surface area contributed by atoms with Crippen LogP contribution in [0, 0.1) is 12.8 Å². The molecule has 0 bridgehead atoms. The van der Waals surface area contributed by atoms with Crippen LogP contribution in [0.2, 0.25) is 0 Å². The third-order valence-corrected chi connectivity index (χ3v) is 3.48. The lowest BCUT2D eigenvalue weighted by atomic mass is 10.0. The summed E-state index contributed by atoms with van der Waals surface area (Å²) in [6.07, 6.45) is 4.60. The molecule has 2 rings (SSSR count). The van der Waals surface area contributed by atoms with Crippen LogP contribution in [0.5, 0.6) is 5.75 Å². The van der Waals surface area contributed by atoms with Crippen molar-refractivity contribution < 1.29 is 4.74 Å². The molecular formula is C14H14Cl2O. The highest BCUT2D eigenvalue weighted by Gasteiger charge is 2.17. The van der Waals surface area contributed by atoms with Crippen molar-refractivity contribution >= 4 is 23.2 Å². The van der Waals surface area contributed by atoms with Gasteiger partial charge in [-0.25, -0.2) is 0 Å². The van der Waals surface area contributed by atoms with Gasteiger partial charge in [-0.1, -0.05) is 47.5 Å². The van der Waals surface area contributed by atoms with Gasteiger partial charge in [0.2, 0.25) is 0 Å². The Balaban J connectivity index is 1.96. The lowest BCUT2D eigenvalue weighted by Crippen LogP contribution is -2.14. The van der Waals surface area contributed by atoms with Gasteiger partial charge >= 0.3 is 0 Å². The minimum absolute atomic E-state index is 0.207. The van der Waals surface area contributed by atoms with Crippen molar-refractivity contribution in [3.8, 4) is 5.75 Å². The van der Waals surface area contributed by atoms with E-state index in [0.29, 0.717) is 11.6 Å². The second-order valence-corrected chi connectivity index (χ2v) is 5.00. The highest BCUT2D eigenvalue weighted by molar-refractivity contribution is 6.35. The molecule has 0 N–H and O–H groups in total. The molecule has 0 saturated heterocycles. The fourth-order valence-electron chi connectivity index (χ4n) is 1.73. The van der Waals surface area contributed by atoms with Gasteiger partial charge in [-0.2, -0.15) is 0 Å². The van der Waals surface area contributed by atoms with Crippen molar-refractivity contribution in [2.24, 2.45) is 5.92 Å². The van der Waals surface area contributed by atoms with Gasteiger partial charge in [0.05, 0.1) is 6.61 Å². The molecule has 0 aromatic heterocycles. The largest absolute Gasteiger partial charge is 0.493 e. The summed E-state index contributed by atoms with van der Waals surface area (Å²) >= 11 is 12.0. The normalized spacial score (nSPS) is 19.6. The van der Waals surface area contributed by atoms with E-state index in [0.717, 1.165) is 22.8 Å². The molecule has 1 aromatic carbocycles. The second-order valence-electron chi connectivity index (χ2n) is 4.13. The third kappa shape index (κ3) is 3.27. The molecule has 0 heterocycles. The number of rotatable bonds is 3. The molecule has 1 aromatic rings. The van der Waals surface area contributed by atoms with Crippen molar-refractivity contribution in [1.82, 2.24) is 0 Å². The Morgan fingerprint density at radius 2 is 2.06 bits per heavy atom. The number of aryl methyl sites for hydroxylation is 1. The van der Waals surface area contributed by atoms with Crippen LogP contribution in [0.3, 0.4) is 0 Å². The first kappa shape index (κ1) is 12.5. The van der Waals surface area contributed by atoms with Crippen LogP contribution >= 0.6 is 23.2 Å². The highest BCUT2D eigenvalue weighted by atomic mass is 35.5. The standard InChI is InChI=1S/C14H14Cl2O/c1-10-4-2-3-5-14(10)17-9-11-6-7-12(15)8-13(11)16/h2-5,7-8,11H,6,9H2,1H3. The first-order valence-electron chi connectivity index (χ1n) is 5.58. The Labute approximate surface area is 112 Å². The summed E-state index contributed by atoms with van der Waals surface area (Å²) in [6.45, 7) is 2.62. The number of para-hydroxylation sites is 1. The van der Waals surface area contributed by atoms with Gasteiger partial charge in [0.1, 0.15) is 5.75 Å². The molecule has 1 aliphatic rings. The Morgan fingerprint density at radius 3 is 2.76 bits per heavy atom. The Morgan fingerprint density at radius 1 is 1.29 bits per heavy atom. The molecular weight excluding hydrogens is 255 g/mol. The molecule has 0 radical (unpaired) electrons. The zero-order chi connectivity index (χ0) is 12.3. The zero-order valence-corrected chi connectivity index (χ0v) is 11.1. The van der Waals surface area contributed by atoms with E-state index in [1.54, 1.807) is 6.08 Å². The first-order chi connectivity index (χ1) is 8.16. The summed E-state index contributed by atoms with van der Waals surface area (Å²) in [5, 5.41) is 1.48. The van der Waals surface area contributed by atoms with Gasteiger partial charge in [-0.15, -0.1) is 0 Å². The van der Waals surface area contributed by atoms with E-state index in [9.17, 15) is 0 Å². The van der Waals surface area contributed by atoms with E-state index in [-0.39, 0.29) is 5.92 Å². The lowest BCUT2D eigenvalue weighted by Gasteiger charge is -2.19. The fourth-order valence-corrected chi connectivity index (χ4v) is 2.26. The van der Waals surface area contributed by atoms with Gasteiger partial charge in [0, 0.05) is 16.0 Å². The Bertz CT molecular complexity index is 463. The van der Waals surface area contributed by atoms with E-state index in [4.69, 9.17) is 27.9 Å². The van der Waals surface area contributed by atoms with E-state index in [1.165, 1.54) is 0 Å². The molecule has 0 spiro atoms. The van der Waals surface area contributed by atoms with Gasteiger partial charge in [0.15, 0.2) is 0 Å². The quantitative estimate of drug-likeness (QED) is 0.776. The molecule has 1 aliphatic carbocycles. The van der Waals surface area contributed by atoms with E-state index in [2.05, 4.69) is 0 Å². The van der Waals surface area contributed by atoms with Gasteiger partial charge in [0.25, 0.3) is 0 Å². The number of hydrogen-bond donors (Lipinski definition) is 0. The fraction of sp³-hybridized carbons (Fsp3) is 0.286. The molecule has 3 heteroatoms. The molecule has 90 valence electrons. The zero-order valence-electron chi connectivity index (χ0n) is 9.62. The van der Waals surface area contributed by atoms with Gasteiger partial charge < -0.3 is 4.74 Å². The summed E-state index contributed by atoms with van der Waals surface area (Å²) in [5.74, 6) is 1.12. The maximum atomic E-state index is 6.14. The minimum Gasteiger partial charge on any atom is -0.493 e. The molecule has 0 aliphatic heterocycles. The number of benzene rings is 1. The van der Waals surface area contributed by atoms with Crippen LogP contribution in [-0.4, -0.2) is 6.61 Å². The molecule has 0 saturated carbocycles. The monoisotopic (exact) mass is 268 g/mol. The molecule has 1 atom stereocenters. The minimum atomic E-state index is 0.207. The summed E-state index contributed by atoms with van der Waals surface area (Å²) in [6, 6.07) is 7.97. The lowest BCUT2D eigenvalue weighted by molar-refractivity contribution is 0.271. The van der Waals surface area contributed by atoms with Crippen LogP contribution in [0.4, 0.5) is 0 Å². The maximum Gasteiger partial charge on any atom is 0.122 e. The van der Waals surface area contributed by atoms with Crippen molar-refractivity contribution in [3.63, 3.8) is 0 Å². The summed E-state index contributed by atoms with van der Waals surface area (Å²) in [5.41, 5.74) is 1.14. The van der Waals surface area contributed by atoms with Crippen LogP contribution < -0.4 is 4.74 Å². The Kier molecular flexibility index (Phi) is 4.14. The summed E-state index contributed by atoms with van der Waals surface area (Å²) in [7, 11) is 0. The van der Waals surface area contributed by atoms with E-state index >= 15 is 0 Å². The summed E-state index contributed by atoms with van der Waals surface area (Å²) < 4.78 is 5.78. The SMILES string of the molecule is Cc1ccccc1OCC1CC=C(Cl)C=C1Cl. The van der Waals surface area contributed by atoms with Gasteiger partial charge in [-0.05, 0) is 31.1 Å². The number of allylic oxidation sites excluding steroid dienone is 3. The molecule has 0 amide bonds. The third-order valence-electron chi connectivity index (χ3n) is 2.80. The number of ether oxygens (including phenoxy) is 1. The molecule has 17 heavy (non-hydrogen) atoms. The van der Waals surface area contributed by atoms with E-state index in [1.807, 2.05) is 37.3 Å². The van der Waals surface area contributed by atoms with E-state index < -0.39 is 0 Å². The number of halogens is 2. The first-order valence-corrected chi connectivity index (χ1v) is 6.33. The average Bonchev–Trinajstić information content (AvgIpc) is 2.30. The topological polar surface area (TPSA) is 9.23 Å². The summed E-state index contributed by atoms with van der Waals surface area (Å²) in [4.78, 5) is 0. The van der Waals surface area contributed by atoms with Crippen LogP contribution in [0.25, 0.3) is 0 Å². The molecule has 1 unspecified atom stereocenters. The molecule has 0 fully saturated rings. The number of hydrogen-bond acceptors (Lipinski definition) is 1. The predicted octanol–water partition coefficient (Wildman–Crippen LogP) is 4.64. The van der Waals surface area contributed by atoms with Crippen molar-refractivity contribution in [2.75, 3.05) is 6.61 Å². The van der Waals surface area contributed by atoms with Crippen LogP contribution in [0.1, 0.15) is 12.0 Å². The second kappa shape index (κ2) is 5.61. The van der Waals surface area contributed by atoms with Crippen molar-refractivity contribution in [1.29, 1.82) is 0 Å².